The van der Waals surface area contributed by atoms with E-state index in [0.717, 1.165) is 12.1 Å². The summed E-state index contributed by atoms with van der Waals surface area (Å²) in [5.41, 5.74) is -0.146. The molecule has 0 amide bonds. The second-order valence-corrected chi connectivity index (χ2v) is 4.71. The Kier molecular flexibility index (Phi) is 4.40. The molecular weight excluding hydrogens is 301 g/mol. The molecule has 0 radical (unpaired) electrons. The fourth-order valence-corrected chi connectivity index (χ4v) is 2.00. The van der Waals surface area contributed by atoms with Crippen LogP contribution < -0.4 is 4.74 Å². The van der Waals surface area contributed by atoms with Crippen molar-refractivity contribution in [1.29, 1.82) is 0 Å². The van der Waals surface area contributed by atoms with Gasteiger partial charge in [-0.05, 0) is 31.2 Å². The van der Waals surface area contributed by atoms with Crippen molar-refractivity contribution in [3.05, 3.63) is 62.9 Å². The van der Waals surface area contributed by atoms with Crippen LogP contribution in [0.25, 0.3) is 0 Å². The molecule has 5 nitrogen and oxygen atoms in total. The Balaban J connectivity index is 2.51. The predicted molar refractivity (Wildman–Crippen MR) is 75.2 cm³/mol. The van der Waals surface area contributed by atoms with E-state index in [1.165, 1.54) is 31.2 Å². The first-order chi connectivity index (χ1) is 9.90. The first-order valence-corrected chi connectivity index (χ1v) is 6.36. The number of para-hydroxylation sites is 1. The van der Waals surface area contributed by atoms with Gasteiger partial charge in [0.25, 0.3) is 0 Å². The zero-order valence-electron chi connectivity index (χ0n) is 10.9. The Morgan fingerprint density at radius 3 is 2.71 bits per heavy atom. The highest BCUT2D eigenvalue weighted by atomic mass is 35.5. The maximum absolute atomic E-state index is 13.2. The fourth-order valence-electron chi connectivity index (χ4n) is 1.79. The number of rotatable bonds is 4. The second-order valence-electron chi connectivity index (χ2n) is 4.31. The monoisotopic (exact) mass is 311 g/mol. The van der Waals surface area contributed by atoms with Crippen LogP contribution in [0, 0.1) is 15.9 Å². The van der Waals surface area contributed by atoms with Gasteiger partial charge < -0.3 is 9.84 Å². The third kappa shape index (κ3) is 3.29. The molecule has 2 aromatic carbocycles. The Hall–Kier alpha value is -2.18. The molecule has 0 bridgehead atoms. The summed E-state index contributed by atoms with van der Waals surface area (Å²) in [6.45, 7) is 1.43. The van der Waals surface area contributed by atoms with Crippen LogP contribution >= 0.6 is 11.6 Å². The minimum Gasteiger partial charge on any atom is -0.448 e. The quantitative estimate of drug-likeness (QED) is 0.677. The lowest BCUT2D eigenvalue weighted by Gasteiger charge is -2.14. The van der Waals surface area contributed by atoms with Crippen LogP contribution in [0.15, 0.2) is 36.4 Å². The molecule has 0 saturated carbocycles. The average Bonchev–Trinajstić information content (AvgIpc) is 2.42. The average molecular weight is 312 g/mol. The molecule has 0 aliphatic rings. The Labute approximate surface area is 124 Å². The number of aliphatic hydroxyl groups excluding tert-OH is 1. The number of benzene rings is 2. The first kappa shape index (κ1) is 15.2. The molecule has 0 aromatic heterocycles. The first-order valence-electron chi connectivity index (χ1n) is 5.98. The Morgan fingerprint density at radius 2 is 2.10 bits per heavy atom. The molecule has 21 heavy (non-hydrogen) atoms. The summed E-state index contributed by atoms with van der Waals surface area (Å²) >= 11 is 5.92. The number of nitro benzene ring substituents is 1. The van der Waals surface area contributed by atoms with Crippen molar-refractivity contribution < 1.29 is 19.2 Å². The number of halogens is 2. The molecule has 0 saturated heterocycles. The van der Waals surface area contributed by atoms with Gasteiger partial charge in [-0.15, -0.1) is 0 Å². The van der Waals surface area contributed by atoms with E-state index in [4.69, 9.17) is 16.3 Å². The summed E-state index contributed by atoms with van der Waals surface area (Å²) in [6.07, 6.45) is -1.00. The van der Waals surface area contributed by atoms with Crippen LogP contribution in [0.2, 0.25) is 5.02 Å². The molecule has 0 heterocycles. The zero-order valence-corrected chi connectivity index (χ0v) is 11.7. The summed E-state index contributed by atoms with van der Waals surface area (Å²) in [5, 5.41) is 20.7. The van der Waals surface area contributed by atoms with Gasteiger partial charge in [0.15, 0.2) is 0 Å². The van der Waals surface area contributed by atoms with E-state index in [2.05, 4.69) is 0 Å². The smallest absolute Gasteiger partial charge is 0.313 e. The molecule has 0 spiro atoms. The van der Waals surface area contributed by atoms with Crippen LogP contribution in [0.4, 0.5) is 10.1 Å². The van der Waals surface area contributed by atoms with E-state index < -0.39 is 16.8 Å². The van der Waals surface area contributed by atoms with Crippen molar-refractivity contribution >= 4 is 17.3 Å². The molecule has 1 atom stereocenters. The minimum atomic E-state index is -1.00. The van der Waals surface area contributed by atoms with Gasteiger partial charge in [-0.1, -0.05) is 17.7 Å². The lowest BCUT2D eigenvalue weighted by molar-refractivity contribution is -0.385. The van der Waals surface area contributed by atoms with Gasteiger partial charge in [-0.2, -0.15) is 0 Å². The number of nitrogens with zero attached hydrogens (tertiary/aromatic N) is 1. The summed E-state index contributed by atoms with van der Waals surface area (Å²) in [4.78, 5) is 10.4. The molecule has 0 fully saturated rings. The van der Waals surface area contributed by atoms with Crippen LogP contribution in [0.5, 0.6) is 11.5 Å². The standard InChI is InChI=1S/C14H11ClFNO4/c1-8(18)10-7-9(16)5-6-13(10)21-14-11(15)3-2-4-12(14)17(19)20/h2-8,18H,1H3/t8-/m0/s1. The highest BCUT2D eigenvalue weighted by Gasteiger charge is 2.21. The van der Waals surface area contributed by atoms with Gasteiger partial charge in [0.1, 0.15) is 11.6 Å². The van der Waals surface area contributed by atoms with E-state index in [0.29, 0.717) is 0 Å². The van der Waals surface area contributed by atoms with E-state index in [9.17, 15) is 19.6 Å². The maximum Gasteiger partial charge on any atom is 0.313 e. The lowest BCUT2D eigenvalue weighted by Crippen LogP contribution is -1.99. The highest BCUT2D eigenvalue weighted by Crippen LogP contribution is 2.39. The molecule has 0 aliphatic heterocycles. The summed E-state index contributed by atoms with van der Waals surface area (Å²) < 4.78 is 18.7. The van der Waals surface area contributed by atoms with E-state index in [1.54, 1.807) is 0 Å². The predicted octanol–water partition coefficient (Wildman–Crippen LogP) is 4.23. The molecule has 2 rings (SSSR count). The van der Waals surface area contributed by atoms with Crippen LogP contribution in [0.3, 0.4) is 0 Å². The minimum absolute atomic E-state index is 0.0464. The highest BCUT2D eigenvalue weighted by molar-refractivity contribution is 6.32. The number of aliphatic hydroxyl groups is 1. The number of ether oxygens (including phenoxy) is 1. The lowest BCUT2D eigenvalue weighted by atomic mass is 10.1. The summed E-state index contributed by atoms with van der Waals surface area (Å²) in [7, 11) is 0. The van der Waals surface area contributed by atoms with Crippen LogP contribution in [-0.2, 0) is 0 Å². The molecule has 2 aromatic rings. The SMILES string of the molecule is C[C@H](O)c1cc(F)ccc1Oc1c(Cl)cccc1[N+](=O)[O-]. The number of nitro groups is 1. The fraction of sp³-hybridized carbons (Fsp3) is 0.143. The van der Waals surface area contributed by atoms with Gasteiger partial charge in [0.2, 0.25) is 5.75 Å². The summed E-state index contributed by atoms with van der Waals surface area (Å²) in [5.74, 6) is -0.604. The molecule has 110 valence electrons. The van der Waals surface area contributed by atoms with E-state index in [1.807, 2.05) is 0 Å². The van der Waals surface area contributed by atoms with E-state index in [-0.39, 0.29) is 27.8 Å². The van der Waals surface area contributed by atoms with Crippen molar-refractivity contribution in [2.24, 2.45) is 0 Å². The molecule has 0 unspecified atom stereocenters. The second kappa shape index (κ2) is 6.07. The third-order valence-electron chi connectivity index (χ3n) is 2.78. The molecule has 1 N–H and O–H groups in total. The van der Waals surface area contributed by atoms with Gasteiger partial charge >= 0.3 is 5.69 Å². The topological polar surface area (TPSA) is 72.6 Å². The maximum atomic E-state index is 13.2. The summed E-state index contributed by atoms with van der Waals surface area (Å²) in [6, 6.07) is 7.62. The van der Waals surface area contributed by atoms with Crippen molar-refractivity contribution in [2.45, 2.75) is 13.0 Å². The zero-order chi connectivity index (χ0) is 15.6. The van der Waals surface area contributed by atoms with Gasteiger partial charge in [-0.3, -0.25) is 10.1 Å². The normalized spacial score (nSPS) is 12.0. The van der Waals surface area contributed by atoms with Gasteiger partial charge in [0, 0.05) is 11.6 Å². The number of hydrogen-bond acceptors (Lipinski definition) is 4. The third-order valence-corrected chi connectivity index (χ3v) is 3.07. The van der Waals surface area contributed by atoms with E-state index >= 15 is 0 Å². The van der Waals surface area contributed by atoms with Crippen molar-refractivity contribution in [3.63, 3.8) is 0 Å². The Bertz CT molecular complexity index is 691. The van der Waals surface area contributed by atoms with Crippen molar-refractivity contribution in [1.82, 2.24) is 0 Å². The molecule has 0 aliphatic carbocycles. The van der Waals surface area contributed by atoms with Crippen molar-refractivity contribution in [3.8, 4) is 11.5 Å². The van der Waals surface area contributed by atoms with Crippen LogP contribution in [-0.4, -0.2) is 10.0 Å². The van der Waals surface area contributed by atoms with Gasteiger partial charge in [-0.25, -0.2) is 4.39 Å². The Morgan fingerprint density at radius 1 is 1.38 bits per heavy atom. The molecule has 7 heteroatoms. The van der Waals surface area contributed by atoms with Gasteiger partial charge in [0.05, 0.1) is 16.0 Å². The van der Waals surface area contributed by atoms with Crippen molar-refractivity contribution in [2.75, 3.05) is 0 Å². The largest absolute Gasteiger partial charge is 0.448 e. The number of hydrogen-bond donors (Lipinski definition) is 1. The molecular formula is C14H11ClFNO4. The van der Waals surface area contributed by atoms with Crippen LogP contribution in [0.1, 0.15) is 18.6 Å².